The molecule has 41 heavy (non-hydrogen) atoms. The van der Waals surface area contributed by atoms with Crippen molar-refractivity contribution >= 4 is 11.8 Å². The molecule has 3 aromatic rings. The Hall–Kier alpha value is -4.73. The molecule has 214 valence electrons. The SMILES string of the molecule is COc1ccc(CNC(=O)[C@@]2(Cc3ccccc3CN=[N+]=[N-])COC(c3ccc(OCCCO)cc3)=N2)cc1OC. The summed E-state index contributed by atoms with van der Waals surface area (Å²) in [6.45, 7) is 0.901. The average Bonchev–Trinajstić information content (AvgIpc) is 3.45. The smallest absolute Gasteiger partial charge is 0.252 e. The third-order valence-corrected chi connectivity index (χ3v) is 6.66. The first-order valence-corrected chi connectivity index (χ1v) is 13.2. The third kappa shape index (κ3) is 7.27. The van der Waals surface area contributed by atoms with E-state index in [9.17, 15) is 4.79 Å². The van der Waals surface area contributed by atoms with Crippen LogP contribution in [0.4, 0.5) is 0 Å². The molecule has 0 saturated heterocycles. The lowest BCUT2D eigenvalue weighted by molar-refractivity contribution is -0.126. The van der Waals surface area contributed by atoms with E-state index in [1.807, 2.05) is 48.5 Å². The lowest BCUT2D eigenvalue weighted by atomic mass is 9.89. The molecular weight excluding hydrogens is 526 g/mol. The second-order valence-electron chi connectivity index (χ2n) is 9.39. The predicted molar refractivity (Wildman–Crippen MR) is 153 cm³/mol. The maximum atomic E-state index is 13.8. The summed E-state index contributed by atoms with van der Waals surface area (Å²) in [5.74, 6) is 1.87. The maximum absolute atomic E-state index is 13.8. The summed E-state index contributed by atoms with van der Waals surface area (Å²) in [6, 6.07) is 20.2. The second-order valence-corrected chi connectivity index (χ2v) is 9.39. The van der Waals surface area contributed by atoms with Crippen LogP contribution in [-0.4, -0.2) is 56.5 Å². The van der Waals surface area contributed by atoms with E-state index in [4.69, 9.17) is 34.6 Å². The van der Waals surface area contributed by atoms with Crippen molar-refractivity contribution in [3.63, 3.8) is 0 Å². The fourth-order valence-electron chi connectivity index (χ4n) is 4.47. The summed E-state index contributed by atoms with van der Waals surface area (Å²) in [6.07, 6.45) is 0.785. The number of nitrogens with one attached hydrogen (secondary N) is 1. The van der Waals surface area contributed by atoms with Crippen LogP contribution in [0.15, 0.2) is 76.8 Å². The fraction of sp³-hybridized carbons (Fsp3) is 0.333. The van der Waals surface area contributed by atoms with Gasteiger partial charge in [-0.05, 0) is 58.6 Å². The van der Waals surface area contributed by atoms with E-state index >= 15 is 0 Å². The quantitative estimate of drug-likeness (QED) is 0.130. The number of ether oxygens (including phenoxy) is 4. The number of aliphatic hydroxyl groups excluding tert-OH is 1. The minimum Gasteiger partial charge on any atom is -0.494 e. The number of rotatable bonds is 14. The Kier molecular flexibility index (Phi) is 10.0. The third-order valence-electron chi connectivity index (χ3n) is 6.66. The van der Waals surface area contributed by atoms with E-state index in [1.54, 1.807) is 32.4 Å². The van der Waals surface area contributed by atoms with Gasteiger partial charge >= 0.3 is 0 Å². The van der Waals surface area contributed by atoms with Crippen molar-refractivity contribution in [2.75, 3.05) is 34.0 Å². The molecule has 11 heteroatoms. The number of amides is 1. The molecule has 0 aliphatic carbocycles. The lowest BCUT2D eigenvalue weighted by Gasteiger charge is -2.24. The number of nitrogens with zero attached hydrogens (tertiary/aromatic N) is 4. The molecule has 0 fully saturated rings. The van der Waals surface area contributed by atoms with Gasteiger partial charge in [0.05, 0.1) is 27.4 Å². The molecule has 0 radical (unpaired) electrons. The van der Waals surface area contributed by atoms with Crippen LogP contribution >= 0.6 is 0 Å². The maximum Gasteiger partial charge on any atom is 0.252 e. The zero-order chi connectivity index (χ0) is 29.1. The highest BCUT2D eigenvalue weighted by Crippen LogP contribution is 2.30. The Balaban J connectivity index is 1.61. The van der Waals surface area contributed by atoms with Gasteiger partial charge in [0.2, 0.25) is 5.90 Å². The van der Waals surface area contributed by atoms with Crippen molar-refractivity contribution in [2.45, 2.75) is 31.5 Å². The number of aliphatic hydroxyl groups is 1. The molecule has 1 heterocycles. The van der Waals surface area contributed by atoms with Crippen LogP contribution in [0, 0.1) is 0 Å². The predicted octanol–water partition coefficient (Wildman–Crippen LogP) is 4.35. The number of methoxy groups -OCH3 is 2. The van der Waals surface area contributed by atoms with E-state index in [0.717, 1.165) is 16.7 Å². The zero-order valence-electron chi connectivity index (χ0n) is 23.1. The van der Waals surface area contributed by atoms with E-state index in [2.05, 4.69) is 15.3 Å². The highest BCUT2D eigenvalue weighted by atomic mass is 16.5. The van der Waals surface area contributed by atoms with Crippen LogP contribution in [0.2, 0.25) is 0 Å². The molecule has 0 saturated carbocycles. The van der Waals surface area contributed by atoms with Gasteiger partial charge in [0.15, 0.2) is 17.0 Å². The van der Waals surface area contributed by atoms with Crippen LogP contribution in [0.3, 0.4) is 0 Å². The summed E-state index contributed by atoms with van der Waals surface area (Å²) >= 11 is 0. The molecule has 2 N–H and O–H groups in total. The standard InChI is InChI=1S/C30H33N5O6/c1-38-26-13-8-21(16-27(26)39-2)18-32-29(37)30(17-23-6-3-4-7-24(23)19-33-35-31)20-41-28(34-30)22-9-11-25(12-10-22)40-15-5-14-36/h3-4,6-13,16,36H,5,14-15,17-20H2,1-2H3,(H,32,37)/t30-/m1/s1. The Morgan fingerprint density at radius 3 is 2.56 bits per heavy atom. The number of azide groups is 1. The van der Waals surface area contributed by atoms with Gasteiger partial charge < -0.3 is 29.4 Å². The van der Waals surface area contributed by atoms with Gasteiger partial charge in [-0.15, -0.1) is 0 Å². The Bertz CT molecular complexity index is 1420. The van der Waals surface area contributed by atoms with Crippen LogP contribution in [0.1, 0.15) is 28.7 Å². The Morgan fingerprint density at radius 1 is 1.10 bits per heavy atom. The number of carbonyl (C=O) groups is 1. The molecule has 3 aromatic carbocycles. The molecular formula is C30H33N5O6. The van der Waals surface area contributed by atoms with E-state index < -0.39 is 5.54 Å². The first-order chi connectivity index (χ1) is 20.0. The fourth-order valence-corrected chi connectivity index (χ4v) is 4.47. The summed E-state index contributed by atoms with van der Waals surface area (Å²) in [5, 5.41) is 15.7. The number of aliphatic imine (C=N–C) groups is 1. The summed E-state index contributed by atoms with van der Waals surface area (Å²) in [7, 11) is 3.12. The minimum absolute atomic E-state index is 0.0324. The van der Waals surface area contributed by atoms with Gasteiger partial charge in [0.25, 0.3) is 5.91 Å². The van der Waals surface area contributed by atoms with Crippen LogP contribution < -0.4 is 19.5 Å². The van der Waals surface area contributed by atoms with E-state index in [1.165, 1.54) is 0 Å². The highest BCUT2D eigenvalue weighted by Gasteiger charge is 2.44. The minimum atomic E-state index is -1.26. The molecule has 0 bridgehead atoms. The first-order valence-electron chi connectivity index (χ1n) is 13.2. The van der Waals surface area contributed by atoms with E-state index in [0.29, 0.717) is 41.7 Å². The van der Waals surface area contributed by atoms with Gasteiger partial charge in [-0.1, -0.05) is 35.4 Å². The molecule has 0 aromatic heterocycles. The van der Waals surface area contributed by atoms with Crippen molar-refractivity contribution in [1.82, 2.24) is 5.32 Å². The number of benzene rings is 3. The lowest BCUT2D eigenvalue weighted by Crippen LogP contribution is -2.48. The highest BCUT2D eigenvalue weighted by molar-refractivity contribution is 6.00. The monoisotopic (exact) mass is 559 g/mol. The number of carbonyl (C=O) groups excluding carboxylic acids is 1. The van der Waals surface area contributed by atoms with Crippen molar-refractivity contribution < 1.29 is 28.8 Å². The van der Waals surface area contributed by atoms with Crippen LogP contribution in [0.25, 0.3) is 10.4 Å². The summed E-state index contributed by atoms with van der Waals surface area (Å²) in [5.41, 5.74) is 10.8. The normalized spacial score (nSPS) is 15.7. The van der Waals surface area contributed by atoms with Crippen molar-refractivity contribution in [1.29, 1.82) is 0 Å². The molecule has 0 unspecified atom stereocenters. The first kappa shape index (κ1) is 29.3. The van der Waals surface area contributed by atoms with Crippen molar-refractivity contribution in [3.05, 3.63) is 99.4 Å². The van der Waals surface area contributed by atoms with Crippen molar-refractivity contribution in [2.24, 2.45) is 10.1 Å². The van der Waals surface area contributed by atoms with Gasteiger partial charge in [-0.3, -0.25) is 4.79 Å². The van der Waals surface area contributed by atoms with Gasteiger partial charge in [-0.25, -0.2) is 4.99 Å². The molecule has 1 aliphatic rings. The second kappa shape index (κ2) is 14.1. The topological polar surface area (TPSA) is 147 Å². The molecule has 11 nitrogen and oxygen atoms in total. The van der Waals surface area contributed by atoms with Gasteiger partial charge in [-0.2, -0.15) is 0 Å². The zero-order valence-corrected chi connectivity index (χ0v) is 23.1. The van der Waals surface area contributed by atoms with E-state index in [-0.39, 0.29) is 38.6 Å². The summed E-state index contributed by atoms with van der Waals surface area (Å²) in [4.78, 5) is 21.6. The van der Waals surface area contributed by atoms with Gasteiger partial charge in [0, 0.05) is 36.5 Å². The van der Waals surface area contributed by atoms with Crippen LogP contribution in [-0.2, 0) is 29.0 Å². The Labute approximate surface area is 238 Å². The number of hydrogen-bond acceptors (Lipinski definition) is 8. The largest absolute Gasteiger partial charge is 0.494 e. The molecule has 0 spiro atoms. The summed E-state index contributed by atoms with van der Waals surface area (Å²) < 4.78 is 22.3. The molecule has 1 amide bonds. The molecule has 1 atom stereocenters. The molecule has 1 aliphatic heterocycles. The van der Waals surface area contributed by atoms with Gasteiger partial charge in [0.1, 0.15) is 12.4 Å². The average molecular weight is 560 g/mol. The molecule has 4 rings (SSSR count). The Morgan fingerprint density at radius 2 is 1.85 bits per heavy atom. The van der Waals surface area contributed by atoms with Crippen molar-refractivity contribution in [3.8, 4) is 17.2 Å². The number of hydrogen-bond donors (Lipinski definition) is 2. The van der Waals surface area contributed by atoms with Crippen LogP contribution in [0.5, 0.6) is 17.2 Å².